The molecular weight excluding hydrogens is 273 g/mol. The fourth-order valence-corrected chi connectivity index (χ4v) is 2.19. The predicted octanol–water partition coefficient (Wildman–Crippen LogP) is 2.59. The second kappa shape index (κ2) is 4.82. The van der Waals surface area contributed by atoms with Crippen LogP contribution in [0.25, 0.3) is 0 Å². The first-order valence-corrected chi connectivity index (χ1v) is 6.25. The summed E-state index contributed by atoms with van der Waals surface area (Å²) in [5, 5.41) is 12.9. The Bertz CT molecular complexity index is 379. The van der Waals surface area contributed by atoms with Crippen molar-refractivity contribution in [1.29, 1.82) is 0 Å². The Morgan fingerprint density at radius 2 is 2.19 bits per heavy atom. The van der Waals surface area contributed by atoms with E-state index in [1.165, 1.54) is 6.07 Å². The van der Waals surface area contributed by atoms with E-state index in [-0.39, 0.29) is 5.82 Å². The molecule has 0 spiro atoms. The summed E-state index contributed by atoms with van der Waals surface area (Å²) < 4.78 is 14.2. The van der Waals surface area contributed by atoms with Gasteiger partial charge in [-0.25, -0.2) is 4.39 Å². The Kier molecular flexibility index (Phi) is 3.62. The molecule has 1 aliphatic carbocycles. The van der Waals surface area contributed by atoms with Gasteiger partial charge in [0.05, 0.1) is 5.60 Å². The van der Waals surface area contributed by atoms with Crippen LogP contribution in [0.15, 0.2) is 22.7 Å². The summed E-state index contributed by atoms with van der Waals surface area (Å²) in [5.74, 6) is -0.220. The van der Waals surface area contributed by atoms with Crippen molar-refractivity contribution in [2.75, 3.05) is 6.54 Å². The van der Waals surface area contributed by atoms with Crippen LogP contribution in [0.2, 0.25) is 0 Å². The third-order valence-electron chi connectivity index (χ3n) is 3.07. The van der Waals surface area contributed by atoms with Crippen molar-refractivity contribution >= 4 is 15.9 Å². The topological polar surface area (TPSA) is 32.3 Å². The molecule has 0 radical (unpaired) electrons. The molecule has 0 unspecified atom stereocenters. The molecule has 0 saturated heterocycles. The second-order valence-electron chi connectivity index (χ2n) is 4.42. The van der Waals surface area contributed by atoms with Gasteiger partial charge in [0.25, 0.3) is 0 Å². The first-order valence-electron chi connectivity index (χ1n) is 5.46. The quantitative estimate of drug-likeness (QED) is 0.892. The molecule has 1 aliphatic rings. The first kappa shape index (κ1) is 12.0. The van der Waals surface area contributed by atoms with Gasteiger partial charge in [0.2, 0.25) is 0 Å². The van der Waals surface area contributed by atoms with Gasteiger partial charge in [0.15, 0.2) is 0 Å². The Labute approximate surface area is 103 Å². The first-order chi connectivity index (χ1) is 7.59. The monoisotopic (exact) mass is 287 g/mol. The van der Waals surface area contributed by atoms with Crippen LogP contribution in [0.5, 0.6) is 0 Å². The Morgan fingerprint density at radius 1 is 1.44 bits per heavy atom. The van der Waals surface area contributed by atoms with Gasteiger partial charge in [-0.3, -0.25) is 0 Å². The second-order valence-corrected chi connectivity index (χ2v) is 5.33. The summed E-state index contributed by atoms with van der Waals surface area (Å²) in [4.78, 5) is 0. The summed E-state index contributed by atoms with van der Waals surface area (Å²) in [6.45, 7) is 1.00. The van der Waals surface area contributed by atoms with Crippen LogP contribution in [-0.4, -0.2) is 17.3 Å². The SMILES string of the molecule is OC1(CNCc2ccc(Br)cc2F)CCC1. The van der Waals surface area contributed by atoms with E-state index in [0.29, 0.717) is 18.7 Å². The highest BCUT2D eigenvalue weighted by Gasteiger charge is 2.33. The molecule has 1 saturated carbocycles. The van der Waals surface area contributed by atoms with E-state index in [4.69, 9.17) is 0 Å². The van der Waals surface area contributed by atoms with E-state index in [0.717, 1.165) is 23.7 Å². The highest BCUT2D eigenvalue weighted by atomic mass is 79.9. The molecule has 0 bridgehead atoms. The molecule has 2 N–H and O–H groups in total. The van der Waals surface area contributed by atoms with Crippen LogP contribution < -0.4 is 5.32 Å². The van der Waals surface area contributed by atoms with Crippen LogP contribution in [0.3, 0.4) is 0 Å². The molecule has 2 nitrogen and oxygen atoms in total. The van der Waals surface area contributed by atoms with E-state index < -0.39 is 5.60 Å². The summed E-state index contributed by atoms with van der Waals surface area (Å²) >= 11 is 3.22. The number of hydrogen-bond acceptors (Lipinski definition) is 2. The largest absolute Gasteiger partial charge is 0.389 e. The highest BCUT2D eigenvalue weighted by Crippen LogP contribution is 2.30. The van der Waals surface area contributed by atoms with Crippen LogP contribution in [-0.2, 0) is 6.54 Å². The Morgan fingerprint density at radius 3 is 2.75 bits per heavy atom. The zero-order valence-electron chi connectivity index (χ0n) is 8.97. The van der Waals surface area contributed by atoms with Crippen molar-refractivity contribution in [2.24, 2.45) is 0 Å². The Balaban J connectivity index is 1.85. The zero-order valence-corrected chi connectivity index (χ0v) is 10.6. The molecule has 0 heterocycles. The molecular formula is C12H15BrFNO. The minimum atomic E-state index is -0.550. The van der Waals surface area contributed by atoms with E-state index in [2.05, 4.69) is 21.2 Å². The molecule has 0 amide bonds. The lowest BCUT2D eigenvalue weighted by molar-refractivity contribution is -0.0315. The molecule has 16 heavy (non-hydrogen) atoms. The molecule has 0 aromatic heterocycles. The molecule has 0 aliphatic heterocycles. The summed E-state index contributed by atoms with van der Waals surface area (Å²) in [6, 6.07) is 5.02. The summed E-state index contributed by atoms with van der Waals surface area (Å²) in [6.07, 6.45) is 2.79. The van der Waals surface area contributed by atoms with E-state index >= 15 is 0 Å². The highest BCUT2D eigenvalue weighted by molar-refractivity contribution is 9.10. The van der Waals surface area contributed by atoms with E-state index in [9.17, 15) is 9.50 Å². The fourth-order valence-electron chi connectivity index (χ4n) is 1.86. The van der Waals surface area contributed by atoms with Crippen LogP contribution in [0, 0.1) is 5.82 Å². The average molecular weight is 288 g/mol. The van der Waals surface area contributed by atoms with Gasteiger partial charge in [0, 0.05) is 23.1 Å². The standard InChI is InChI=1S/C12H15BrFNO/c13-10-3-2-9(11(14)6-10)7-15-8-12(16)4-1-5-12/h2-3,6,15-16H,1,4-5,7-8H2. The molecule has 88 valence electrons. The van der Waals surface area contributed by atoms with Crippen LogP contribution >= 0.6 is 15.9 Å². The zero-order chi connectivity index (χ0) is 11.6. The Hall–Kier alpha value is -0.450. The van der Waals surface area contributed by atoms with Gasteiger partial charge in [-0.2, -0.15) is 0 Å². The van der Waals surface area contributed by atoms with Gasteiger partial charge in [-0.1, -0.05) is 22.0 Å². The van der Waals surface area contributed by atoms with Gasteiger partial charge >= 0.3 is 0 Å². The average Bonchev–Trinajstić information content (AvgIpc) is 2.19. The lowest BCUT2D eigenvalue weighted by Crippen LogP contribution is -2.46. The molecule has 4 heteroatoms. The third-order valence-corrected chi connectivity index (χ3v) is 3.56. The fraction of sp³-hybridized carbons (Fsp3) is 0.500. The van der Waals surface area contributed by atoms with E-state index in [1.54, 1.807) is 6.07 Å². The number of benzene rings is 1. The maximum Gasteiger partial charge on any atom is 0.128 e. The predicted molar refractivity (Wildman–Crippen MR) is 64.6 cm³/mol. The summed E-state index contributed by atoms with van der Waals surface area (Å²) in [5.41, 5.74) is 0.0809. The minimum Gasteiger partial charge on any atom is -0.389 e. The molecule has 2 rings (SSSR count). The summed E-state index contributed by atoms with van der Waals surface area (Å²) in [7, 11) is 0. The number of hydrogen-bond donors (Lipinski definition) is 2. The van der Waals surface area contributed by atoms with Crippen molar-refractivity contribution in [1.82, 2.24) is 5.32 Å². The lowest BCUT2D eigenvalue weighted by Gasteiger charge is -2.36. The number of aliphatic hydroxyl groups is 1. The number of nitrogens with one attached hydrogen (secondary N) is 1. The van der Waals surface area contributed by atoms with Gasteiger partial charge in [0.1, 0.15) is 5.82 Å². The molecule has 1 aromatic carbocycles. The van der Waals surface area contributed by atoms with E-state index in [1.807, 2.05) is 6.07 Å². The smallest absolute Gasteiger partial charge is 0.128 e. The van der Waals surface area contributed by atoms with Crippen LogP contribution in [0.4, 0.5) is 4.39 Å². The molecule has 1 fully saturated rings. The van der Waals surface area contributed by atoms with Crippen LogP contribution in [0.1, 0.15) is 24.8 Å². The maximum absolute atomic E-state index is 13.4. The number of rotatable bonds is 4. The van der Waals surface area contributed by atoms with Crippen molar-refractivity contribution < 1.29 is 9.50 Å². The normalized spacial score (nSPS) is 18.2. The number of halogens is 2. The van der Waals surface area contributed by atoms with Crippen molar-refractivity contribution in [3.05, 3.63) is 34.1 Å². The maximum atomic E-state index is 13.4. The van der Waals surface area contributed by atoms with Gasteiger partial charge in [-0.15, -0.1) is 0 Å². The van der Waals surface area contributed by atoms with Gasteiger partial charge in [-0.05, 0) is 31.4 Å². The van der Waals surface area contributed by atoms with Crippen molar-refractivity contribution in [3.63, 3.8) is 0 Å². The van der Waals surface area contributed by atoms with Crippen molar-refractivity contribution in [3.8, 4) is 0 Å². The third kappa shape index (κ3) is 2.81. The minimum absolute atomic E-state index is 0.220. The lowest BCUT2D eigenvalue weighted by atomic mass is 9.80. The van der Waals surface area contributed by atoms with Gasteiger partial charge < -0.3 is 10.4 Å². The molecule has 1 aromatic rings. The van der Waals surface area contributed by atoms with Crippen molar-refractivity contribution in [2.45, 2.75) is 31.4 Å². The molecule has 0 atom stereocenters.